The highest BCUT2D eigenvalue weighted by Gasteiger charge is 2.25. The second-order valence-corrected chi connectivity index (χ2v) is 7.51. The molecule has 2 heterocycles. The molecule has 6 heteroatoms. The van der Waals surface area contributed by atoms with Crippen LogP contribution in [-0.2, 0) is 6.42 Å². The molecule has 0 spiro atoms. The van der Waals surface area contributed by atoms with Crippen molar-refractivity contribution >= 4 is 22.8 Å². The molecule has 0 saturated carbocycles. The second kappa shape index (κ2) is 8.72. The van der Waals surface area contributed by atoms with E-state index in [0.29, 0.717) is 17.2 Å². The van der Waals surface area contributed by atoms with Crippen LogP contribution in [-0.4, -0.2) is 34.2 Å². The molecule has 1 aliphatic heterocycles. The molecule has 0 aliphatic carbocycles. The van der Waals surface area contributed by atoms with Crippen LogP contribution in [0.1, 0.15) is 63.2 Å². The van der Waals surface area contributed by atoms with Crippen molar-refractivity contribution in [3.8, 4) is 0 Å². The van der Waals surface area contributed by atoms with Crippen LogP contribution in [0.4, 0.5) is 11.4 Å². The highest BCUT2D eigenvalue weighted by atomic mass is 16.1. The van der Waals surface area contributed by atoms with Gasteiger partial charge >= 0.3 is 0 Å². The lowest BCUT2D eigenvalue weighted by atomic mass is 10.1. The maximum Gasteiger partial charge on any atom is 0.277 e. The number of nitrogens with zero attached hydrogens (tertiary/aromatic N) is 5. The summed E-state index contributed by atoms with van der Waals surface area (Å²) in [4.78, 5) is 24.8. The van der Waals surface area contributed by atoms with Crippen molar-refractivity contribution in [1.29, 1.82) is 0 Å². The summed E-state index contributed by atoms with van der Waals surface area (Å²) < 4.78 is 1.42. The summed E-state index contributed by atoms with van der Waals surface area (Å²) in [5.41, 5.74) is 6.01. The summed E-state index contributed by atoms with van der Waals surface area (Å²) in [6, 6.07) is 6.29. The Morgan fingerprint density at radius 1 is 1.10 bits per heavy atom. The summed E-state index contributed by atoms with van der Waals surface area (Å²) in [6.07, 6.45) is 2.75. The van der Waals surface area contributed by atoms with E-state index in [4.69, 9.17) is 9.98 Å². The molecule has 29 heavy (non-hydrogen) atoms. The maximum absolute atomic E-state index is 12.9. The van der Waals surface area contributed by atoms with E-state index in [-0.39, 0.29) is 5.56 Å². The first kappa shape index (κ1) is 21.0. The Morgan fingerprint density at radius 2 is 1.83 bits per heavy atom. The summed E-state index contributed by atoms with van der Waals surface area (Å²) in [5.74, 6) is 0.539. The van der Waals surface area contributed by atoms with E-state index in [1.54, 1.807) is 0 Å². The van der Waals surface area contributed by atoms with Crippen LogP contribution in [0.3, 0.4) is 0 Å². The molecular weight excluding hydrogens is 362 g/mol. The topological polar surface area (TPSA) is 62.9 Å². The Balaban J connectivity index is 2.04. The summed E-state index contributed by atoms with van der Waals surface area (Å²) in [5, 5.41) is 4.46. The standard InChI is InChI=1S/C23H31N5O/c1-7-10-11-19-16(5)24-22-21(17(6)26-28(22)23(19)29)25-20-13-12-18(14-15(20)4)27(8-2)9-3/h12-14H,7-11H2,1-6H3. The lowest BCUT2D eigenvalue weighted by Gasteiger charge is -2.21. The SMILES string of the molecule is CCCCc1c(C)nc2n(c1=O)N=C(C)C2=Nc1ccc(N(CC)CC)cc1C. The van der Waals surface area contributed by atoms with Gasteiger partial charge in [0.2, 0.25) is 0 Å². The minimum atomic E-state index is -0.0703. The van der Waals surface area contributed by atoms with Crippen LogP contribution in [0.2, 0.25) is 0 Å². The van der Waals surface area contributed by atoms with Gasteiger partial charge in [-0.25, -0.2) is 9.98 Å². The van der Waals surface area contributed by atoms with Gasteiger partial charge in [0.1, 0.15) is 5.71 Å². The van der Waals surface area contributed by atoms with Gasteiger partial charge in [-0.2, -0.15) is 9.78 Å². The number of aliphatic imine (C=N–C) groups is 1. The molecule has 0 atom stereocenters. The highest BCUT2D eigenvalue weighted by Crippen LogP contribution is 2.26. The van der Waals surface area contributed by atoms with Crippen molar-refractivity contribution in [2.24, 2.45) is 10.1 Å². The molecule has 0 saturated heterocycles. The monoisotopic (exact) mass is 393 g/mol. The third kappa shape index (κ3) is 4.02. The van der Waals surface area contributed by atoms with Gasteiger partial charge < -0.3 is 4.90 Å². The number of aromatic nitrogens is 2. The molecule has 0 radical (unpaired) electrons. The first-order valence-electron chi connectivity index (χ1n) is 10.5. The van der Waals surface area contributed by atoms with Gasteiger partial charge in [0.05, 0.1) is 11.4 Å². The zero-order valence-electron chi connectivity index (χ0n) is 18.4. The molecule has 0 unspecified atom stereocenters. The van der Waals surface area contributed by atoms with Crippen LogP contribution in [0, 0.1) is 13.8 Å². The molecule has 0 fully saturated rings. The Labute approximate surface area is 173 Å². The number of unbranched alkanes of at least 4 members (excludes halogenated alkanes) is 1. The third-order valence-electron chi connectivity index (χ3n) is 5.49. The lowest BCUT2D eigenvalue weighted by molar-refractivity contribution is 0.725. The van der Waals surface area contributed by atoms with Crippen molar-refractivity contribution in [2.45, 2.75) is 60.8 Å². The molecule has 0 bridgehead atoms. The first-order chi connectivity index (χ1) is 13.9. The molecular formula is C23H31N5O. The zero-order valence-corrected chi connectivity index (χ0v) is 18.4. The van der Waals surface area contributed by atoms with Crippen molar-refractivity contribution in [3.05, 3.63) is 51.2 Å². The van der Waals surface area contributed by atoms with Gasteiger partial charge in [-0.15, -0.1) is 0 Å². The van der Waals surface area contributed by atoms with Gasteiger partial charge in [-0.1, -0.05) is 13.3 Å². The van der Waals surface area contributed by atoms with E-state index < -0.39 is 0 Å². The molecule has 1 aromatic carbocycles. The number of hydrogen-bond acceptors (Lipinski definition) is 5. The number of aryl methyl sites for hydroxylation is 2. The minimum Gasteiger partial charge on any atom is -0.372 e. The molecule has 1 aliphatic rings. The average Bonchev–Trinajstić information content (AvgIpc) is 3.00. The van der Waals surface area contributed by atoms with E-state index in [1.807, 2.05) is 19.9 Å². The zero-order chi connectivity index (χ0) is 21.1. The fourth-order valence-electron chi connectivity index (χ4n) is 3.70. The first-order valence-corrected chi connectivity index (χ1v) is 10.5. The van der Waals surface area contributed by atoms with E-state index in [0.717, 1.165) is 54.9 Å². The number of rotatable bonds is 7. The number of benzene rings is 1. The molecule has 2 aromatic rings. The summed E-state index contributed by atoms with van der Waals surface area (Å²) in [6.45, 7) is 14.2. The Hall–Kier alpha value is -2.76. The van der Waals surface area contributed by atoms with Gasteiger partial charge in [0, 0.05) is 30.0 Å². The number of hydrogen-bond donors (Lipinski definition) is 0. The van der Waals surface area contributed by atoms with E-state index in [1.165, 1.54) is 10.4 Å². The van der Waals surface area contributed by atoms with Crippen molar-refractivity contribution in [1.82, 2.24) is 9.66 Å². The minimum absolute atomic E-state index is 0.0703. The molecule has 3 rings (SSSR count). The average molecular weight is 394 g/mol. The Bertz CT molecular complexity index is 1030. The Morgan fingerprint density at radius 3 is 2.45 bits per heavy atom. The highest BCUT2D eigenvalue weighted by molar-refractivity contribution is 6.48. The van der Waals surface area contributed by atoms with Crippen molar-refractivity contribution in [2.75, 3.05) is 18.0 Å². The largest absolute Gasteiger partial charge is 0.372 e. The van der Waals surface area contributed by atoms with E-state index in [2.05, 4.69) is 49.8 Å². The number of anilines is 1. The number of fused-ring (bicyclic) bond motifs is 1. The summed E-state index contributed by atoms with van der Waals surface area (Å²) in [7, 11) is 0. The normalized spacial score (nSPS) is 14.3. The molecule has 154 valence electrons. The lowest BCUT2D eigenvalue weighted by Crippen LogP contribution is -2.26. The van der Waals surface area contributed by atoms with Crippen LogP contribution in [0.5, 0.6) is 0 Å². The van der Waals surface area contributed by atoms with Crippen molar-refractivity contribution in [3.63, 3.8) is 0 Å². The van der Waals surface area contributed by atoms with Crippen molar-refractivity contribution < 1.29 is 0 Å². The van der Waals surface area contributed by atoms with E-state index in [9.17, 15) is 4.79 Å². The molecule has 0 amide bonds. The van der Waals surface area contributed by atoms with E-state index >= 15 is 0 Å². The van der Waals surface area contributed by atoms with Gasteiger partial charge in [0.15, 0.2) is 5.82 Å². The predicted octanol–water partition coefficient (Wildman–Crippen LogP) is 4.41. The fraction of sp³-hybridized carbons (Fsp3) is 0.478. The van der Waals surface area contributed by atoms with Crippen LogP contribution < -0.4 is 10.5 Å². The quantitative estimate of drug-likeness (QED) is 0.700. The van der Waals surface area contributed by atoms with Crippen LogP contribution >= 0.6 is 0 Å². The third-order valence-corrected chi connectivity index (χ3v) is 5.49. The Kier molecular flexibility index (Phi) is 6.30. The molecule has 6 nitrogen and oxygen atoms in total. The van der Waals surface area contributed by atoms with Gasteiger partial charge in [-0.3, -0.25) is 4.79 Å². The van der Waals surface area contributed by atoms with Crippen LogP contribution in [0.15, 0.2) is 33.1 Å². The summed E-state index contributed by atoms with van der Waals surface area (Å²) >= 11 is 0. The maximum atomic E-state index is 12.9. The predicted molar refractivity (Wildman–Crippen MR) is 121 cm³/mol. The smallest absolute Gasteiger partial charge is 0.277 e. The molecule has 1 aromatic heterocycles. The van der Waals surface area contributed by atoms with Gasteiger partial charge in [0.25, 0.3) is 5.56 Å². The second-order valence-electron chi connectivity index (χ2n) is 7.51. The molecule has 0 N–H and O–H groups in total. The van der Waals surface area contributed by atoms with Crippen LogP contribution in [0.25, 0.3) is 0 Å². The fourth-order valence-corrected chi connectivity index (χ4v) is 3.70. The van der Waals surface area contributed by atoms with Gasteiger partial charge in [-0.05, 0) is 71.2 Å².